The second-order valence-corrected chi connectivity index (χ2v) is 3.46. The third-order valence-electron chi connectivity index (χ3n) is 2.17. The third kappa shape index (κ3) is 2.80. The monoisotopic (exact) mass is 167 g/mol. The fraction of sp³-hybridized carbons (Fsp3) is 0.889. The van der Waals surface area contributed by atoms with Crippen molar-refractivity contribution < 1.29 is 0 Å². The largest absolute Gasteiger partial charge is 0.315 e. The van der Waals surface area contributed by atoms with Crippen LogP contribution in [0.1, 0.15) is 26.2 Å². The predicted octanol–water partition coefficient (Wildman–Crippen LogP) is 0.712. The van der Waals surface area contributed by atoms with Crippen molar-refractivity contribution in [1.29, 1.82) is 5.26 Å². The lowest BCUT2D eigenvalue weighted by Crippen LogP contribution is -2.38. The average molecular weight is 167 g/mol. The minimum atomic E-state index is -0.308. The van der Waals surface area contributed by atoms with Crippen LogP contribution in [0.2, 0.25) is 0 Å². The van der Waals surface area contributed by atoms with Crippen LogP contribution in [0, 0.1) is 11.3 Å². The minimum absolute atomic E-state index is 0.308. The topological polar surface area (TPSA) is 53.0 Å². The van der Waals surface area contributed by atoms with Gasteiger partial charge in [-0.2, -0.15) is 5.26 Å². The molecule has 0 saturated heterocycles. The maximum Gasteiger partial charge on any atom is 0.106 e. The van der Waals surface area contributed by atoms with E-state index in [1.165, 1.54) is 12.8 Å². The van der Waals surface area contributed by atoms with Gasteiger partial charge in [-0.15, -0.1) is 0 Å². The minimum Gasteiger partial charge on any atom is -0.315 e. The van der Waals surface area contributed by atoms with Crippen molar-refractivity contribution in [2.24, 2.45) is 5.73 Å². The van der Waals surface area contributed by atoms with Gasteiger partial charge in [0.25, 0.3) is 0 Å². The molecule has 1 aliphatic carbocycles. The van der Waals surface area contributed by atoms with Crippen molar-refractivity contribution in [1.82, 2.24) is 4.90 Å². The average Bonchev–Trinajstić information content (AvgIpc) is 2.86. The summed E-state index contributed by atoms with van der Waals surface area (Å²) < 4.78 is 0. The molecule has 0 aromatic rings. The highest BCUT2D eigenvalue weighted by molar-refractivity contribution is 4.93. The van der Waals surface area contributed by atoms with E-state index < -0.39 is 0 Å². The van der Waals surface area contributed by atoms with E-state index in [-0.39, 0.29) is 6.04 Å². The van der Waals surface area contributed by atoms with Crippen molar-refractivity contribution in [2.45, 2.75) is 38.3 Å². The standard InChI is InChI=1S/C9H17N3/c1-2-5-12(9-3-4-9)7-8(11)6-10/h8-9H,2-5,7,11H2,1H3. The Hall–Kier alpha value is -0.590. The first kappa shape index (κ1) is 9.50. The fourth-order valence-corrected chi connectivity index (χ4v) is 1.44. The zero-order valence-electron chi connectivity index (χ0n) is 7.66. The van der Waals surface area contributed by atoms with Crippen LogP contribution < -0.4 is 5.73 Å². The van der Waals surface area contributed by atoms with E-state index in [0.717, 1.165) is 25.6 Å². The molecule has 0 amide bonds. The number of nitriles is 1. The van der Waals surface area contributed by atoms with Gasteiger partial charge >= 0.3 is 0 Å². The molecule has 0 heterocycles. The van der Waals surface area contributed by atoms with Gasteiger partial charge in [-0.25, -0.2) is 0 Å². The van der Waals surface area contributed by atoms with Crippen molar-refractivity contribution in [2.75, 3.05) is 13.1 Å². The summed E-state index contributed by atoms with van der Waals surface area (Å²) in [6, 6.07) is 2.49. The first-order valence-electron chi connectivity index (χ1n) is 4.67. The second kappa shape index (κ2) is 4.44. The van der Waals surface area contributed by atoms with E-state index in [9.17, 15) is 0 Å². The molecule has 0 aromatic heterocycles. The molecule has 3 heteroatoms. The van der Waals surface area contributed by atoms with Crippen LogP contribution in [0.25, 0.3) is 0 Å². The number of rotatable bonds is 5. The second-order valence-electron chi connectivity index (χ2n) is 3.46. The van der Waals surface area contributed by atoms with Gasteiger partial charge in [0.2, 0.25) is 0 Å². The van der Waals surface area contributed by atoms with Crippen LogP contribution in [0.5, 0.6) is 0 Å². The Morgan fingerprint density at radius 1 is 1.67 bits per heavy atom. The summed E-state index contributed by atoms with van der Waals surface area (Å²) in [6.45, 7) is 3.99. The zero-order valence-corrected chi connectivity index (χ0v) is 7.66. The molecule has 0 bridgehead atoms. The zero-order chi connectivity index (χ0) is 8.97. The fourth-order valence-electron chi connectivity index (χ4n) is 1.44. The van der Waals surface area contributed by atoms with Gasteiger partial charge in [0.15, 0.2) is 0 Å². The van der Waals surface area contributed by atoms with Crippen molar-refractivity contribution in [3.8, 4) is 6.07 Å². The van der Waals surface area contributed by atoms with Gasteiger partial charge in [0, 0.05) is 12.6 Å². The Labute approximate surface area is 74.1 Å². The highest BCUT2D eigenvalue weighted by Crippen LogP contribution is 2.26. The lowest BCUT2D eigenvalue weighted by molar-refractivity contribution is 0.259. The first-order chi connectivity index (χ1) is 5.77. The SMILES string of the molecule is CCCN(CC(N)C#N)C1CC1. The van der Waals surface area contributed by atoms with Gasteiger partial charge in [-0.05, 0) is 25.8 Å². The van der Waals surface area contributed by atoms with Gasteiger partial charge in [0.05, 0.1) is 6.07 Å². The molecule has 1 fully saturated rings. The Morgan fingerprint density at radius 2 is 2.33 bits per heavy atom. The molecule has 0 aliphatic heterocycles. The molecular formula is C9H17N3. The maximum absolute atomic E-state index is 8.55. The molecule has 1 saturated carbocycles. The molecule has 0 radical (unpaired) electrons. The number of nitrogens with zero attached hydrogens (tertiary/aromatic N) is 2. The molecule has 12 heavy (non-hydrogen) atoms. The van der Waals surface area contributed by atoms with Gasteiger partial charge in [-0.3, -0.25) is 4.90 Å². The van der Waals surface area contributed by atoms with Crippen LogP contribution in [-0.2, 0) is 0 Å². The third-order valence-corrected chi connectivity index (χ3v) is 2.17. The summed E-state index contributed by atoms with van der Waals surface area (Å²) in [5.41, 5.74) is 5.57. The number of hydrogen-bond donors (Lipinski definition) is 1. The molecule has 1 atom stereocenters. The van der Waals surface area contributed by atoms with Crippen LogP contribution in [-0.4, -0.2) is 30.1 Å². The molecular weight excluding hydrogens is 150 g/mol. The molecule has 0 aromatic carbocycles. The van der Waals surface area contributed by atoms with Crippen molar-refractivity contribution in [3.63, 3.8) is 0 Å². The molecule has 0 spiro atoms. The first-order valence-corrected chi connectivity index (χ1v) is 4.67. The van der Waals surface area contributed by atoms with E-state index in [4.69, 9.17) is 11.0 Å². The summed E-state index contributed by atoms with van der Waals surface area (Å²) in [6.07, 6.45) is 3.73. The van der Waals surface area contributed by atoms with Crippen molar-refractivity contribution >= 4 is 0 Å². The van der Waals surface area contributed by atoms with Crippen LogP contribution >= 0.6 is 0 Å². The molecule has 2 N–H and O–H groups in total. The van der Waals surface area contributed by atoms with Crippen LogP contribution in [0.4, 0.5) is 0 Å². The highest BCUT2D eigenvalue weighted by atomic mass is 15.2. The molecule has 1 unspecified atom stereocenters. The van der Waals surface area contributed by atoms with Crippen molar-refractivity contribution in [3.05, 3.63) is 0 Å². The molecule has 1 aliphatic rings. The Balaban J connectivity index is 2.28. The van der Waals surface area contributed by atoms with Crippen LogP contribution in [0.15, 0.2) is 0 Å². The normalized spacial score (nSPS) is 19.2. The highest BCUT2D eigenvalue weighted by Gasteiger charge is 2.28. The molecule has 3 nitrogen and oxygen atoms in total. The van der Waals surface area contributed by atoms with E-state index in [2.05, 4.69) is 17.9 Å². The quantitative estimate of drug-likeness (QED) is 0.656. The lowest BCUT2D eigenvalue weighted by atomic mass is 10.3. The summed E-state index contributed by atoms with van der Waals surface area (Å²) in [4.78, 5) is 2.34. The predicted molar refractivity (Wildman–Crippen MR) is 48.5 cm³/mol. The molecule has 1 rings (SSSR count). The summed E-state index contributed by atoms with van der Waals surface area (Å²) >= 11 is 0. The van der Waals surface area contributed by atoms with E-state index >= 15 is 0 Å². The Kier molecular flexibility index (Phi) is 3.51. The van der Waals surface area contributed by atoms with E-state index in [1.807, 2.05) is 0 Å². The number of hydrogen-bond acceptors (Lipinski definition) is 3. The van der Waals surface area contributed by atoms with Gasteiger partial charge < -0.3 is 5.73 Å². The van der Waals surface area contributed by atoms with Crippen LogP contribution in [0.3, 0.4) is 0 Å². The Bertz CT molecular complexity index is 169. The van der Waals surface area contributed by atoms with E-state index in [1.54, 1.807) is 0 Å². The van der Waals surface area contributed by atoms with Gasteiger partial charge in [-0.1, -0.05) is 6.92 Å². The summed E-state index contributed by atoms with van der Waals surface area (Å²) in [7, 11) is 0. The lowest BCUT2D eigenvalue weighted by Gasteiger charge is -2.21. The smallest absolute Gasteiger partial charge is 0.106 e. The molecule has 68 valence electrons. The van der Waals surface area contributed by atoms with E-state index in [0.29, 0.717) is 0 Å². The number of nitrogens with two attached hydrogens (primary N) is 1. The Morgan fingerprint density at radius 3 is 2.75 bits per heavy atom. The summed E-state index contributed by atoms with van der Waals surface area (Å²) in [5.74, 6) is 0. The van der Waals surface area contributed by atoms with Gasteiger partial charge in [0.1, 0.15) is 6.04 Å². The summed E-state index contributed by atoms with van der Waals surface area (Å²) in [5, 5.41) is 8.55. The maximum atomic E-state index is 8.55.